The summed E-state index contributed by atoms with van der Waals surface area (Å²) in [4.78, 5) is 0. The molecule has 0 saturated heterocycles. The van der Waals surface area contributed by atoms with Gasteiger partial charge >= 0.3 is 0 Å². The van der Waals surface area contributed by atoms with E-state index in [1.165, 1.54) is 6.07 Å². The standard InChI is InChI=1S/C15H15Cl2NO2/c1-2-20-13-5-3-12(4-6-13)18-9-10-7-11(16)8-14(17)15(10)19/h3-8,18-19H,2,9H2,1H3. The molecule has 0 saturated carbocycles. The van der Waals surface area contributed by atoms with Crippen LogP contribution < -0.4 is 10.1 Å². The maximum Gasteiger partial charge on any atom is 0.139 e. The molecule has 3 nitrogen and oxygen atoms in total. The summed E-state index contributed by atoms with van der Waals surface area (Å²) >= 11 is 11.8. The molecule has 0 atom stereocenters. The number of aromatic hydroxyl groups is 1. The zero-order valence-electron chi connectivity index (χ0n) is 11.0. The van der Waals surface area contributed by atoms with E-state index >= 15 is 0 Å². The fourth-order valence-corrected chi connectivity index (χ4v) is 2.32. The molecular formula is C15H15Cl2NO2. The Morgan fingerprint density at radius 3 is 2.50 bits per heavy atom. The lowest BCUT2D eigenvalue weighted by atomic mass is 10.2. The highest BCUT2D eigenvalue weighted by Crippen LogP contribution is 2.31. The monoisotopic (exact) mass is 311 g/mol. The first-order chi connectivity index (χ1) is 9.60. The summed E-state index contributed by atoms with van der Waals surface area (Å²) in [5, 5.41) is 13.8. The van der Waals surface area contributed by atoms with Crippen molar-refractivity contribution >= 4 is 28.9 Å². The number of benzene rings is 2. The average molecular weight is 312 g/mol. The van der Waals surface area contributed by atoms with Gasteiger partial charge in [-0.15, -0.1) is 0 Å². The maximum absolute atomic E-state index is 9.86. The van der Waals surface area contributed by atoms with Gasteiger partial charge in [-0.1, -0.05) is 23.2 Å². The minimum atomic E-state index is 0.0505. The van der Waals surface area contributed by atoms with Crippen LogP contribution in [0.2, 0.25) is 10.0 Å². The van der Waals surface area contributed by atoms with Crippen molar-refractivity contribution in [3.8, 4) is 11.5 Å². The van der Waals surface area contributed by atoms with Gasteiger partial charge in [0.05, 0.1) is 11.6 Å². The van der Waals surface area contributed by atoms with Crippen LogP contribution in [-0.2, 0) is 6.54 Å². The molecule has 0 bridgehead atoms. The Kier molecular flexibility index (Phi) is 4.99. The van der Waals surface area contributed by atoms with Crippen molar-refractivity contribution in [1.29, 1.82) is 0 Å². The molecule has 5 heteroatoms. The van der Waals surface area contributed by atoms with Crippen LogP contribution in [-0.4, -0.2) is 11.7 Å². The molecule has 0 spiro atoms. The van der Waals surface area contributed by atoms with Crippen LogP contribution >= 0.6 is 23.2 Å². The molecule has 0 radical (unpaired) electrons. The van der Waals surface area contributed by atoms with E-state index in [0.29, 0.717) is 23.7 Å². The van der Waals surface area contributed by atoms with Crippen LogP contribution in [0.4, 0.5) is 5.69 Å². The van der Waals surface area contributed by atoms with E-state index in [4.69, 9.17) is 27.9 Å². The van der Waals surface area contributed by atoms with Gasteiger partial charge in [-0.25, -0.2) is 0 Å². The van der Waals surface area contributed by atoms with E-state index in [2.05, 4.69) is 5.32 Å². The van der Waals surface area contributed by atoms with Crippen LogP contribution in [0.25, 0.3) is 0 Å². The highest BCUT2D eigenvalue weighted by atomic mass is 35.5. The van der Waals surface area contributed by atoms with Gasteiger partial charge in [-0.3, -0.25) is 0 Å². The second kappa shape index (κ2) is 6.73. The third-order valence-corrected chi connectivity index (χ3v) is 3.26. The molecule has 0 aromatic heterocycles. The molecule has 2 aromatic carbocycles. The summed E-state index contributed by atoms with van der Waals surface area (Å²) in [6.07, 6.45) is 0. The zero-order valence-corrected chi connectivity index (χ0v) is 12.5. The minimum absolute atomic E-state index is 0.0505. The molecule has 20 heavy (non-hydrogen) atoms. The van der Waals surface area contributed by atoms with Crippen molar-refractivity contribution in [2.24, 2.45) is 0 Å². The van der Waals surface area contributed by atoms with Crippen molar-refractivity contribution in [3.05, 3.63) is 52.0 Å². The lowest BCUT2D eigenvalue weighted by molar-refractivity contribution is 0.340. The highest BCUT2D eigenvalue weighted by molar-refractivity contribution is 6.35. The summed E-state index contributed by atoms with van der Waals surface area (Å²) in [5.41, 5.74) is 1.57. The fraction of sp³-hybridized carbons (Fsp3) is 0.200. The normalized spacial score (nSPS) is 10.3. The number of anilines is 1. The lowest BCUT2D eigenvalue weighted by Crippen LogP contribution is -2.00. The third kappa shape index (κ3) is 3.71. The SMILES string of the molecule is CCOc1ccc(NCc2cc(Cl)cc(Cl)c2O)cc1. The van der Waals surface area contributed by atoms with Gasteiger partial charge in [0, 0.05) is 22.8 Å². The first kappa shape index (κ1) is 14.8. The van der Waals surface area contributed by atoms with E-state index in [0.717, 1.165) is 11.4 Å². The Labute approximate surface area is 128 Å². The van der Waals surface area contributed by atoms with Crippen molar-refractivity contribution in [2.75, 3.05) is 11.9 Å². The topological polar surface area (TPSA) is 41.5 Å². The number of phenols is 1. The molecular weight excluding hydrogens is 297 g/mol. The molecule has 2 aromatic rings. The van der Waals surface area contributed by atoms with Gasteiger partial charge in [0.25, 0.3) is 0 Å². The first-order valence-corrected chi connectivity index (χ1v) is 6.99. The predicted molar refractivity (Wildman–Crippen MR) is 83.1 cm³/mol. The van der Waals surface area contributed by atoms with Gasteiger partial charge in [0.15, 0.2) is 0 Å². The van der Waals surface area contributed by atoms with Crippen molar-refractivity contribution < 1.29 is 9.84 Å². The summed E-state index contributed by atoms with van der Waals surface area (Å²) in [6.45, 7) is 3.01. The molecule has 106 valence electrons. The van der Waals surface area contributed by atoms with E-state index in [1.54, 1.807) is 6.07 Å². The largest absolute Gasteiger partial charge is 0.506 e. The Morgan fingerprint density at radius 2 is 1.85 bits per heavy atom. The fourth-order valence-electron chi connectivity index (χ4n) is 1.79. The second-order valence-corrected chi connectivity index (χ2v) is 5.05. The van der Waals surface area contributed by atoms with Crippen molar-refractivity contribution in [1.82, 2.24) is 0 Å². The van der Waals surface area contributed by atoms with E-state index < -0.39 is 0 Å². The number of hydrogen-bond donors (Lipinski definition) is 2. The Balaban J connectivity index is 2.05. The maximum atomic E-state index is 9.86. The van der Waals surface area contributed by atoms with E-state index in [-0.39, 0.29) is 10.8 Å². The lowest BCUT2D eigenvalue weighted by Gasteiger charge is -2.10. The number of halogens is 2. The number of ether oxygens (including phenoxy) is 1. The minimum Gasteiger partial charge on any atom is -0.506 e. The second-order valence-electron chi connectivity index (χ2n) is 4.21. The number of hydrogen-bond acceptors (Lipinski definition) is 3. The summed E-state index contributed by atoms with van der Waals surface area (Å²) in [5.74, 6) is 0.876. The van der Waals surface area contributed by atoms with Crippen molar-refractivity contribution in [3.63, 3.8) is 0 Å². The van der Waals surface area contributed by atoms with Gasteiger partial charge < -0.3 is 15.2 Å². The summed E-state index contributed by atoms with van der Waals surface area (Å²) in [6, 6.07) is 10.8. The smallest absolute Gasteiger partial charge is 0.139 e. The number of nitrogens with one attached hydrogen (secondary N) is 1. The van der Waals surface area contributed by atoms with Crippen LogP contribution in [0, 0.1) is 0 Å². The van der Waals surface area contributed by atoms with Crippen molar-refractivity contribution in [2.45, 2.75) is 13.5 Å². The quantitative estimate of drug-likeness (QED) is 0.840. The molecule has 0 amide bonds. The molecule has 0 aliphatic rings. The Morgan fingerprint density at radius 1 is 1.15 bits per heavy atom. The van der Waals surface area contributed by atoms with Crippen LogP contribution in [0.15, 0.2) is 36.4 Å². The summed E-state index contributed by atoms with van der Waals surface area (Å²) in [7, 11) is 0. The van der Waals surface area contributed by atoms with E-state index in [1.807, 2.05) is 31.2 Å². The van der Waals surface area contributed by atoms with Crippen LogP contribution in [0.1, 0.15) is 12.5 Å². The summed E-state index contributed by atoms with van der Waals surface area (Å²) < 4.78 is 5.37. The molecule has 0 heterocycles. The van der Waals surface area contributed by atoms with Crippen LogP contribution in [0.3, 0.4) is 0 Å². The Bertz CT molecular complexity index is 585. The van der Waals surface area contributed by atoms with Crippen LogP contribution in [0.5, 0.6) is 11.5 Å². The molecule has 2 rings (SSSR count). The molecule has 0 aliphatic heterocycles. The third-order valence-electron chi connectivity index (χ3n) is 2.76. The molecule has 0 unspecified atom stereocenters. The molecule has 0 fully saturated rings. The van der Waals surface area contributed by atoms with Gasteiger partial charge in [-0.2, -0.15) is 0 Å². The number of rotatable bonds is 5. The Hall–Kier alpha value is -1.58. The highest BCUT2D eigenvalue weighted by Gasteiger charge is 2.07. The van der Waals surface area contributed by atoms with Gasteiger partial charge in [0.1, 0.15) is 11.5 Å². The first-order valence-electron chi connectivity index (χ1n) is 6.23. The average Bonchev–Trinajstić information content (AvgIpc) is 2.43. The number of phenolic OH excluding ortho intramolecular Hbond substituents is 1. The molecule has 0 aliphatic carbocycles. The van der Waals surface area contributed by atoms with Gasteiger partial charge in [-0.05, 0) is 43.3 Å². The van der Waals surface area contributed by atoms with E-state index in [9.17, 15) is 5.11 Å². The predicted octanol–water partition coefficient (Wildman–Crippen LogP) is 4.71. The zero-order chi connectivity index (χ0) is 14.5. The molecule has 2 N–H and O–H groups in total. The van der Waals surface area contributed by atoms with Gasteiger partial charge in [0.2, 0.25) is 0 Å².